The summed E-state index contributed by atoms with van der Waals surface area (Å²) in [6.07, 6.45) is 4.62. The Morgan fingerprint density at radius 1 is 1.47 bits per heavy atom. The lowest BCUT2D eigenvalue weighted by molar-refractivity contribution is 0.420. The van der Waals surface area contributed by atoms with Crippen LogP contribution in [0.3, 0.4) is 0 Å². The van der Waals surface area contributed by atoms with E-state index in [2.05, 4.69) is 11.2 Å². The van der Waals surface area contributed by atoms with Gasteiger partial charge < -0.3 is 4.90 Å². The van der Waals surface area contributed by atoms with Gasteiger partial charge in [0.05, 0.1) is 0 Å². The Labute approximate surface area is 105 Å². The Balaban J connectivity index is 1.82. The van der Waals surface area contributed by atoms with Crippen molar-refractivity contribution in [3.63, 3.8) is 0 Å². The lowest BCUT2D eigenvalue weighted by Crippen LogP contribution is -2.32. The largest absolute Gasteiger partial charge is 0.351 e. The molecule has 1 aliphatic heterocycles. The van der Waals surface area contributed by atoms with E-state index in [0.29, 0.717) is 10.6 Å². The summed E-state index contributed by atoms with van der Waals surface area (Å²) in [5, 5.41) is 8.12. The van der Waals surface area contributed by atoms with Crippen molar-refractivity contribution in [2.75, 3.05) is 12.8 Å². The third kappa shape index (κ3) is 1.84. The average Bonchev–Trinajstić information content (AvgIpc) is 3.03. The molecule has 0 radical (unpaired) electrons. The summed E-state index contributed by atoms with van der Waals surface area (Å²) in [4.78, 5) is 2.08. The highest BCUT2D eigenvalue weighted by Crippen LogP contribution is 2.48. The van der Waals surface area contributed by atoms with Gasteiger partial charge in [0, 0.05) is 23.4 Å². The number of nitrogens with one attached hydrogen (secondary N) is 1. The molecule has 0 aromatic heterocycles. The maximum Gasteiger partial charge on any atom is 0.128 e. The summed E-state index contributed by atoms with van der Waals surface area (Å²) in [5.74, 6) is 0.237. The van der Waals surface area contributed by atoms with Crippen molar-refractivity contribution in [1.29, 1.82) is 5.41 Å². The van der Waals surface area contributed by atoms with Gasteiger partial charge in [-0.25, -0.2) is 4.39 Å². The van der Waals surface area contributed by atoms with Crippen LogP contribution in [0.1, 0.15) is 24.0 Å². The molecule has 0 amide bonds. The number of benzene rings is 1. The summed E-state index contributed by atoms with van der Waals surface area (Å²) < 4.78 is 13.5. The van der Waals surface area contributed by atoms with Crippen LogP contribution in [0.15, 0.2) is 18.2 Å². The molecule has 90 valence electrons. The Kier molecular flexibility index (Phi) is 2.43. The molecular formula is C13H15FN2S. The van der Waals surface area contributed by atoms with Gasteiger partial charge in [-0.3, -0.25) is 5.41 Å². The molecule has 1 aromatic rings. The van der Waals surface area contributed by atoms with Crippen molar-refractivity contribution in [3.8, 4) is 0 Å². The molecule has 2 aliphatic rings. The van der Waals surface area contributed by atoms with Crippen LogP contribution < -0.4 is 0 Å². The van der Waals surface area contributed by atoms with Crippen molar-refractivity contribution >= 4 is 17.6 Å². The summed E-state index contributed by atoms with van der Waals surface area (Å²) in [6, 6.07) is 4.77. The van der Waals surface area contributed by atoms with Gasteiger partial charge >= 0.3 is 0 Å². The molecule has 1 fully saturated rings. The highest BCUT2D eigenvalue weighted by atomic mass is 32.2. The first-order valence-corrected chi connectivity index (χ1v) is 7.03. The lowest BCUT2D eigenvalue weighted by Gasteiger charge is -2.23. The van der Waals surface area contributed by atoms with Crippen molar-refractivity contribution in [3.05, 3.63) is 35.1 Å². The molecule has 4 heteroatoms. The zero-order chi connectivity index (χ0) is 12.0. The van der Waals surface area contributed by atoms with E-state index in [1.165, 1.54) is 25.0 Å². The van der Waals surface area contributed by atoms with Crippen molar-refractivity contribution < 1.29 is 4.39 Å². The number of amidine groups is 1. The van der Waals surface area contributed by atoms with Crippen LogP contribution >= 0.6 is 11.8 Å². The molecule has 1 aromatic carbocycles. The van der Waals surface area contributed by atoms with E-state index in [-0.39, 0.29) is 5.82 Å². The molecule has 0 unspecified atom stereocenters. The topological polar surface area (TPSA) is 27.1 Å². The van der Waals surface area contributed by atoms with Crippen LogP contribution in [-0.4, -0.2) is 28.3 Å². The van der Waals surface area contributed by atoms with Crippen LogP contribution in [0, 0.1) is 11.2 Å². The van der Waals surface area contributed by atoms with E-state index in [1.807, 2.05) is 11.8 Å². The van der Waals surface area contributed by atoms with E-state index in [0.717, 1.165) is 24.2 Å². The molecule has 2 nitrogen and oxygen atoms in total. The Morgan fingerprint density at radius 3 is 2.88 bits per heavy atom. The molecule has 0 saturated heterocycles. The normalized spacial score (nSPS) is 20.6. The number of hydrogen-bond donors (Lipinski definition) is 1. The van der Waals surface area contributed by atoms with Gasteiger partial charge in [-0.1, -0.05) is 6.07 Å². The standard InChI is InChI=1S/C13H15FN2S/c1-17-13(4-5-13)8-16-7-9-2-3-10(14)6-11(9)12(16)15/h2-3,6,15H,4-5,7-8H2,1H3. The van der Waals surface area contributed by atoms with Gasteiger partial charge in [0.1, 0.15) is 11.7 Å². The Morgan fingerprint density at radius 2 is 2.24 bits per heavy atom. The first kappa shape index (κ1) is 11.1. The van der Waals surface area contributed by atoms with Crippen molar-refractivity contribution in [1.82, 2.24) is 4.90 Å². The van der Waals surface area contributed by atoms with Gasteiger partial charge in [-0.2, -0.15) is 11.8 Å². The average molecular weight is 250 g/mol. The van der Waals surface area contributed by atoms with Crippen molar-refractivity contribution in [2.24, 2.45) is 0 Å². The SMILES string of the molecule is CSC1(CN2Cc3ccc(F)cc3C2=N)CC1. The lowest BCUT2D eigenvalue weighted by atomic mass is 10.1. The van der Waals surface area contributed by atoms with Crippen LogP contribution in [0.4, 0.5) is 4.39 Å². The molecule has 0 bridgehead atoms. The maximum absolute atomic E-state index is 13.2. The Bertz CT molecular complexity index is 482. The number of halogens is 1. The van der Waals surface area contributed by atoms with Crippen LogP contribution in [0.2, 0.25) is 0 Å². The van der Waals surface area contributed by atoms with Gasteiger partial charge in [0.25, 0.3) is 0 Å². The number of rotatable bonds is 3. The molecular weight excluding hydrogens is 235 g/mol. The smallest absolute Gasteiger partial charge is 0.128 e. The quantitative estimate of drug-likeness (QED) is 0.893. The third-order valence-corrected chi connectivity index (χ3v) is 5.13. The van der Waals surface area contributed by atoms with Gasteiger partial charge in [-0.05, 0) is 36.8 Å². The first-order chi connectivity index (χ1) is 8.13. The predicted octanol–water partition coefficient (Wildman–Crippen LogP) is 2.86. The molecule has 17 heavy (non-hydrogen) atoms. The summed E-state index contributed by atoms with van der Waals surface area (Å²) in [6.45, 7) is 1.68. The minimum absolute atomic E-state index is 0.249. The monoisotopic (exact) mass is 250 g/mol. The summed E-state index contributed by atoms with van der Waals surface area (Å²) >= 11 is 1.90. The number of hydrogen-bond acceptors (Lipinski definition) is 2. The fourth-order valence-corrected chi connectivity index (χ4v) is 3.21. The minimum Gasteiger partial charge on any atom is -0.351 e. The highest BCUT2D eigenvalue weighted by Gasteiger charge is 2.44. The number of thioether (sulfide) groups is 1. The van der Waals surface area contributed by atoms with Gasteiger partial charge in [0.15, 0.2) is 0 Å². The molecule has 1 N–H and O–H groups in total. The summed E-state index contributed by atoms with van der Waals surface area (Å²) in [7, 11) is 0. The molecule has 1 saturated carbocycles. The fraction of sp³-hybridized carbons (Fsp3) is 0.462. The minimum atomic E-state index is -0.249. The van der Waals surface area contributed by atoms with E-state index >= 15 is 0 Å². The summed E-state index contributed by atoms with van der Waals surface area (Å²) in [5.41, 5.74) is 1.84. The van der Waals surface area contributed by atoms with E-state index in [4.69, 9.17) is 5.41 Å². The maximum atomic E-state index is 13.2. The predicted molar refractivity (Wildman–Crippen MR) is 69.1 cm³/mol. The third-order valence-electron chi connectivity index (χ3n) is 3.72. The van der Waals surface area contributed by atoms with Crippen LogP contribution in [0.5, 0.6) is 0 Å². The molecule has 0 spiro atoms. The molecule has 1 aliphatic carbocycles. The molecule has 3 rings (SSSR count). The van der Waals surface area contributed by atoms with E-state index in [9.17, 15) is 4.39 Å². The first-order valence-electron chi connectivity index (χ1n) is 5.81. The second kappa shape index (κ2) is 3.73. The zero-order valence-corrected chi connectivity index (χ0v) is 10.6. The number of fused-ring (bicyclic) bond motifs is 1. The second-order valence-corrected chi connectivity index (χ2v) is 6.17. The van der Waals surface area contributed by atoms with Crippen LogP contribution in [-0.2, 0) is 6.54 Å². The second-order valence-electron chi connectivity index (χ2n) is 4.89. The van der Waals surface area contributed by atoms with Crippen LogP contribution in [0.25, 0.3) is 0 Å². The van der Waals surface area contributed by atoms with Gasteiger partial charge in [0.2, 0.25) is 0 Å². The van der Waals surface area contributed by atoms with Crippen molar-refractivity contribution in [2.45, 2.75) is 24.1 Å². The fourth-order valence-electron chi connectivity index (χ4n) is 2.41. The number of nitrogens with zero attached hydrogens (tertiary/aromatic N) is 1. The Hall–Kier alpha value is -1.03. The molecule has 1 heterocycles. The van der Waals surface area contributed by atoms with E-state index in [1.54, 1.807) is 6.07 Å². The molecule has 0 atom stereocenters. The van der Waals surface area contributed by atoms with E-state index < -0.39 is 0 Å². The van der Waals surface area contributed by atoms with Gasteiger partial charge in [-0.15, -0.1) is 0 Å². The highest BCUT2D eigenvalue weighted by molar-refractivity contribution is 8.00. The zero-order valence-electron chi connectivity index (χ0n) is 9.79.